The maximum absolute atomic E-state index is 13.2. The highest BCUT2D eigenvalue weighted by Gasteiger charge is 2.26. The van der Waals surface area contributed by atoms with Gasteiger partial charge in [0.1, 0.15) is 5.82 Å². The lowest BCUT2D eigenvalue weighted by atomic mass is 10.1. The van der Waals surface area contributed by atoms with Gasteiger partial charge in [-0.05, 0) is 55.8 Å². The van der Waals surface area contributed by atoms with Gasteiger partial charge < -0.3 is 5.32 Å². The van der Waals surface area contributed by atoms with Crippen LogP contribution in [0.15, 0.2) is 18.2 Å². The lowest BCUT2D eigenvalue weighted by molar-refractivity contribution is 0.232. The minimum atomic E-state index is -0.332. The standard InChI is InChI=1S/C16H22ClFN2/c17-15-8-13(5-6-16(15)18)10-20(9-12-3-4-12)11-14-2-1-7-19-14/h5-6,8,12,14,19H,1-4,7,9-11H2. The zero-order valence-corrected chi connectivity index (χ0v) is 12.5. The van der Waals surface area contributed by atoms with Gasteiger partial charge in [-0.1, -0.05) is 17.7 Å². The molecule has 1 aromatic carbocycles. The zero-order chi connectivity index (χ0) is 13.9. The maximum atomic E-state index is 13.2. The van der Waals surface area contributed by atoms with Crippen LogP contribution in [0, 0.1) is 11.7 Å². The fraction of sp³-hybridized carbons (Fsp3) is 0.625. The molecule has 1 heterocycles. The van der Waals surface area contributed by atoms with Gasteiger partial charge in [0.25, 0.3) is 0 Å². The van der Waals surface area contributed by atoms with E-state index in [1.54, 1.807) is 6.07 Å². The second kappa shape index (κ2) is 6.42. The number of benzene rings is 1. The van der Waals surface area contributed by atoms with Crippen LogP contribution in [0.25, 0.3) is 0 Å². The summed E-state index contributed by atoms with van der Waals surface area (Å²) in [5.74, 6) is 0.536. The van der Waals surface area contributed by atoms with Gasteiger partial charge in [-0.3, -0.25) is 4.90 Å². The van der Waals surface area contributed by atoms with Gasteiger partial charge in [0.2, 0.25) is 0 Å². The molecule has 1 saturated heterocycles. The Balaban J connectivity index is 1.62. The van der Waals surface area contributed by atoms with Gasteiger partial charge in [-0.2, -0.15) is 0 Å². The molecule has 1 aromatic rings. The second-order valence-corrected chi connectivity index (χ2v) is 6.59. The molecule has 1 saturated carbocycles. The summed E-state index contributed by atoms with van der Waals surface area (Å²) in [6.45, 7) is 4.26. The Kier molecular flexibility index (Phi) is 4.59. The highest BCUT2D eigenvalue weighted by molar-refractivity contribution is 6.30. The molecule has 3 rings (SSSR count). The predicted octanol–water partition coefficient (Wildman–Crippen LogP) is 3.44. The topological polar surface area (TPSA) is 15.3 Å². The van der Waals surface area contributed by atoms with Gasteiger partial charge >= 0.3 is 0 Å². The van der Waals surface area contributed by atoms with E-state index in [1.165, 1.54) is 31.7 Å². The highest BCUT2D eigenvalue weighted by Crippen LogP contribution is 2.30. The van der Waals surface area contributed by atoms with Crippen molar-refractivity contribution < 1.29 is 4.39 Å². The number of nitrogens with zero attached hydrogens (tertiary/aromatic N) is 1. The first-order chi connectivity index (χ1) is 9.70. The Morgan fingerprint density at radius 1 is 1.25 bits per heavy atom. The molecule has 1 aliphatic heterocycles. The molecule has 1 unspecified atom stereocenters. The van der Waals surface area contributed by atoms with E-state index in [4.69, 9.17) is 11.6 Å². The van der Waals surface area contributed by atoms with Gasteiger partial charge in [-0.25, -0.2) is 4.39 Å². The van der Waals surface area contributed by atoms with Crippen molar-refractivity contribution in [3.63, 3.8) is 0 Å². The van der Waals surface area contributed by atoms with Crippen molar-refractivity contribution in [2.75, 3.05) is 19.6 Å². The summed E-state index contributed by atoms with van der Waals surface area (Å²) in [7, 11) is 0. The van der Waals surface area contributed by atoms with Crippen LogP contribution in [0.2, 0.25) is 5.02 Å². The molecule has 2 fully saturated rings. The quantitative estimate of drug-likeness (QED) is 0.865. The molecule has 2 aliphatic rings. The zero-order valence-electron chi connectivity index (χ0n) is 11.7. The molecule has 0 radical (unpaired) electrons. The molecule has 1 aliphatic carbocycles. The summed E-state index contributed by atoms with van der Waals surface area (Å²) in [4.78, 5) is 2.50. The van der Waals surface area contributed by atoms with Crippen LogP contribution >= 0.6 is 11.6 Å². The minimum Gasteiger partial charge on any atom is -0.313 e. The Labute approximate surface area is 125 Å². The molecule has 2 nitrogen and oxygen atoms in total. The van der Waals surface area contributed by atoms with Crippen LogP contribution in [-0.2, 0) is 6.54 Å². The molecule has 110 valence electrons. The van der Waals surface area contributed by atoms with Crippen LogP contribution in [-0.4, -0.2) is 30.6 Å². The van der Waals surface area contributed by atoms with E-state index in [1.807, 2.05) is 6.07 Å². The average molecular weight is 297 g/mol. The lowest BCUT2D eigenvalue weighted by Gasteiger charge is -2.26. The number of hydrogen-bond donors (Lipinski definition) is 1. The fourth-order valence-corrected chi connectivity index (χ4v) is 3.19. The summed E-state index contributed by atoms with van der Waals surface area (Å²) < 4.78 is 13.2. The Morgan fingerprint density at radius 2 is 2.10 bits per heavy atom. The van der Waals surface area contributed by atoms with E-state index in [0.717, 1.165) is 37.7 Å². The summed E-state index contributed by atoms with van der Waals surface area (Å²) >= 11 is 5.88. The molecule has 20 heavy (non-hydrogen) atoms. The number of hydrogen-bond acceptors (Lipinski definition) is 2. The van der Waals surface area contributed by atoms with Crippen molar-refractivity contribution in [1.29, 1.82) is 0 Å². The van der Waals surface area contributed by atoms with Crippen LogP contribution in [0.4, 0.5) is 4.39 Å². The number of nitrogens with one attached hydrogen (secondary N) is 1. The van der Waals surface area contributed by atoms with Crippen molar-refractivity contribution in [3.8, 4) is 0 Å². The van der Waals surface area contributed by atoms with E-state index < -0.39 is 0 Å². The first-order valence-electron chi connectivity index (χ1n) is 7.60. The van der Waals surface area contributed by atoms with Gasteiger partial charge in [0.05, 0.1) is 5.02 Å². The number of halogens is 2. The summed E-state index contributed by atoms with van der Waals surface area (Å²) in [6, 6.07) is 5.70. The van der Waals surface area contributed by atoms with Gasteiger partial charge in [0, 0.05) is 25.7 Å². The minimum absolute atomic E-state index is 0.230. The summed E-state index contributed by atoms with van der Waals surface area (Å²) in [5, 5.41) is 3.79. The van der Waals surface area contributed by atoms with E-state index in [9.17, 15) is 4.39 Å². The molecule has 4 heteroatoms. The Morgan fingerprint density at radius 3 is 2.75 bits per heavy atom. The fourth-order valence-electron chi connectivity index (χ4n) is 2.99. The van der Waals surface area contributed by atoms with Crippen LogP contribution < -0.4 is 5.32 Å². The maximum Gasteiger partial charge on any atom is 0.141 e. The summed E-state index contributed by atoms with van der Waals surface area (Å²) in [6.07, 6.45) is 5.27. The molecule has 0 bridgehead atoms. The van der Waals surface area contributed by atoms with Crippen molar-refractivity contribution in [1.82, 2.24) is 10.2 Å². The largest absolute Gasteiger partial charge is 0.313 e. The van der Waals surface area contributed by atoms with E-state index >= 15 is 0 Å². The molecule has 0 aromatic heterocycles. The summed E-state index contributed by atoms with van der Waals surface area (Å²) in [5.41, 5.74) is 1.11. The second-order valence-electron chi connectivity index (χ2n) is 6.18. The predicted molar refractivity (Wildman–Crippen MR) is 80.4 cm³/mol. The van der Waals surface area contributed by atoms with Crippen LogP contribution in [0.1, 0.15) is 31.2 Å². The van der Waals surface area contributed by atoms with E-state index in [2.05, 4.69) is 10.2 Å². The van der Waals surface area contributed by atoms with Crippen molar-refractivity contribution in [3.05, 3.63) is 34.6 Å². The van der Waals surface area contributed by atoms with Crippen molar-refractivity contribution in [2.24, 2.45) is 5.92 Å². The van der Waals surface area contributed by atoms with Crippen LogP contribution in [0.5, 0.6) is 0 Å². The van der Waals surface area contributed by atoms with Crippen LogP contribution in [0.3, 0.4) is 0 Å². The third-order valence-corrected chi connectivity index (χ3v) is 4.53. The van der Waals surface area contributed by atoms with Crippen molar-refractivity contribution in [2.45, 2.75) is 38.3 Å². The lowest BCUT2D eigenvalue weighted by Crippen LogP contribution is -2.38. The smallest absolute Gasteiger partial charge is 0.141 e. The van der Waals surface area contributed by atoms with Gasteiger partial charge in [0.15, 0.2) is 0 Å². The molecule has 0 amide bonds. The Bertz CT molecular complexity index is 456. The normalized spacial score (nSPS) is 22.6. The number of rotatable bonds is 6. The third kappa shape index (κ3) is 3.94. The molecule has 1 atom stereocenters. The third-order valence-electron chi connectivity index (χ3n) is 4.24. The average Bonchev–Trinajstić information content (AvgIpc) is 3.08. The first kappa shape index (κ1) is 14.3. The van der Waals surface area contributed by atoms with Gasteiger partial charge in [-0.15, -0.1) is 0 Å². The molecule has 1 N–H and O–H groups in total. The highest BCUT2D eigenvalue weighted by atomic mass is 35.5. The first-order valence-corrected chi connectivity index (χ1v) is 7.98. The monoisotopic (exact) mass is 296 g/mol. The Hall–Kier alpha value is -0.640. The van der Waals surface area contributed by atoms with E-state index in [0.29, 0.717) is 6.04 Å². The molecular formula is C16H22ClFN2. The molecular weight excluding hydrogens is 275 g/mol. The molecule has 0 spiro atoms. The van der Waals surface area contributed by atoms with E-state index in [-0.39, 0.29) is 10.8 Å². The van der Waals surface area contributed by atoms with Crippen molar-refractivity contribution >= 4 is 11.6 Å². The SMILES string of the molecule is Fc1ccc(CN(CC2CC2)CC2CCCN2)cc1Cl.